The van der Waals surface area contributed by atoms with E-state index in [1.807, 2.05) is 11.8 Å². The molecule has 1 atom stereocenters. The Bertz CT molecular complexity index is 333. The molecule has 2 rings (SSSR count). The van der Waals surface area contributed by atoms with E-state index in [4.69, 9.17) is 5.73 Å². The summed E-state index contributed by atoms with van der Waals surface area (Å²) in [5.74, 6) is 2.20. The average Bonchev–Trinajstić information content (AvgIpc) is 2.12. The fourth-order valence-corrected chi connectivity index (χ4v) is 3.10. The van der Waals surface area contributed by atoms with Crippen LogP contribution in [0.3, 0.4) is 0 Å². The fourth-order valence-electron chi connectivity index (χ4n) is 1.97. The second kappa shape index (κ2) is 3.35. The maximum atomic E-state index is 6.10. The minimum absolute atomic E-state index is 0.244. The Morgan fingerprint density at radius 1 is 1.31 bits per heavy atom. The highest BCUT2D eigenvalue weighted by Gasteiger charge is 2.20. The van der Waals surface area contributed by atoms with Crippen LogP contribution >= 0.6 is 11.8 Å². The van der Waals surface area contributed by atoms with Gasteiger partial charge < -0.3 is 5.73 Å². The van der Waals surface area contributed by atoms with Crippen LogP contribution in [0.4, 0.5) is 0 Å². The van der Waals surface area contributed by atoms with Gasteiger partial charge in [-0.15, -0.1) is 0 Å². The number of hydrogen-bond acceptors (Lipinski definition) is 2. The first-order chi connectivity index (χ1) is 6.20. The summed E-state index contributed by atoms with van der Waals surface area (Å²) in [5, 5.41) is 0. The third-order valence-electron chi connectivity index (χ3n) is 2.72. The third kappa shape index (κ3) is 1.49. The fraction of sp³-hybridized carbons (Fsp3) is 0.455. The molecule has 0 aliphatic carbocycles. The molecular formula is C11H15NS. The molecule has 70 valence electrons. The van der Waals surface area contributed by atoms with Gasteiger partial charge in [-0.25, -0.2) is 0 Å². The Hall–Kier alpha value is -0.470. The van der Waals surface area contributed by atoms with E-state index in [1.165, 1.54) is 22.3 Å². The summed E-state index contributed by atoms with van der Waals surface area (Å²) in [6.45, 7) is 4.34. The highest BCUT2D eigenvalue weighted by Crippen LogP contribution is 2.34. The topological polar surface area (TPSA) is 26.0 Å². The molecule has 2 N–H and O–H groups in total. The van der Waals surface area contributed by atoms with E-state index in [0.717, 1.165) is 11.5 Å². The number of thioether (sulfide) groups is 1. The molecule has 0 radical (unpaired) electrons. The number of rotatable bonds is 0. The number of nitrogens with two attached hydrogens (primary N) is 1. The molecule has 1 nitrogen and oxygen atoms in total. The van der Waals surface area contributed by atoms with Gasteiger partial charge in [-0.05, 0) is 36.1 Å². The summed E-state index contributed by atoms with van der Waals surface area (Å²) in [4.78, 5) is 0. The molecule has 0 fully saturated rings. The zero-order valence-corrected chi connectivity index (χ0v) is 8.95. The molecule has 0 saturated carbocycles. The number of fused-ring (bicyclic) bond motifs is 1. The molecule has 1 aromatic rings. The molecule has 1 aromatic carbocycles. The predicted molar refractivity (Wildman–Crippen MR) is 59.0 cm³/mol. The normalized spacial score (nSPS) is 21.3. The summed E-state index contributed by atoms with van der Waals surface area (Å²) in [5.41, 5.74) is 11.7. The Balaban J connectivity index is 2.60. The van der Waals surface area contributed by atoms with E-state index in [0.29, 0.717) is 0 Å². The Kier molecular flexibility index (Phi) is 2.35. The quantitative estimate of drug-likeness (QED) is 0.685. The molecule has 0 bridgehead atoms. The van der Waals surface area contributed by atoms with Crippen molar-refractivity contribution < 1.29 is 0 Å². The molecule has 13 heavy (non-hydrogen) atoms. The lowest BCUT2D eigenvalue weighted by Crippen LogP contribution is -2.20. The minimum Gasteiger partial charge on any atom is -0.323 e. The largest absolute Gasteiger partial charge is 0.323 e. The molecular weight excluding hydrogens is 178 g/mol. The van der Waals surface area contributed by atoms with Gasteiger partial charge >= 0.3 is 0 Å². The summed E-state index contributed by atoms with van der Waals surface area (Å²) >= 11 is 1.94. The molecule has 0 amide bonds. The van der Waals surface area contributed by atoms with Crippen molar-refractivity contribution >= 4 is 11.8 Å². The third-order valence-corrected chi connectivity index (χ3v) is 3.81. The van der Waals surface area contributed by atoms with Crippen molar-refractivity contribution in [2.45, 2.75) is 25.6 Å². The van der Waals surface area contributed by atoms with Crippen molar-refractivity contribution in [2.75, 3.05) is 5.75 Å². The molecule has 1 aliphatic heterocycles. The van der Waals surface area contributed by atoms with Crippen molar-refractivity contribution in [1.29, 1.82) is 0 Å². The van der Waals surface area contributed by atoms with Gasteiger partial charge in [-0.1, -0.05) is 12.1 Å². The predicted octanol–water partition coefficient (Wildman–Crippen LogP) is 2.55. The molecule has 0 saturated heterocycles. The average molecular weight is 193 g/mol. The van der Waals surface area contributed by atoms with Crippen molar-refractivity contribution in [2.24, 2.45) is 5.73 Å². The van der Waals surface area contributed by atoms with E-state index in [9.17, 15) is 0 Å². The van der Waals surface area contributed by atoms with E-state index < -0.39 is 0 Å². The maximum Gasteiger partial charge on any atom is 0.0392 e. The zero-order valence-electron chi connectivity index (χ0n) is 8.13. The van der Waals surface area contributed by atoms with Crippen molar-refractivity contribution in [3.63, 3.8) is 0 Å². The SMILES string of the molecule is Cc1ccc(C)c2c1CSC[C@@H]2N. The summed E-state index contributed by atoms with van der Waals surface area (Å²) in [6.07, 6.45) is 0. The Labute approximate surface area is 83.7 Å². The van der Waals surface area contributed by atoms with E-state index in [-0.39, 0.29) is 6.04 Å². The Morgan fingerprint density at radius 3 is 2.69 bits per heavy atom. The van der Waals surface area contributed by atoms with Gasteiger partial charge in [-0.2, -0.15) is 11.8 Å². The molecule has 1 heterocycles. The number of benzene rings is 1. The van der Waals surface area contributed by atoms with Crippen LogP contribution in [-0.4, -0.2) is 5.75 Å². The van der Waals surface area contributed by atoms with Crippen molar-refractivity contribution in [3.8, 4) is 0 Å². The monoisotopic (exact) mass is 193 g/mol. The molecule has 0 spiro atoms. The van der Waals surface area contributed by atoms with Crippen LogP contribution in [0.5, 0.6) is 0 Å². The lowest BCUT2D eigenvalue weighted by molar-refractivity contribution is 0.798. The second-order valence-electron chi connectivity index (χ2n) is 3.71. The summed E-state index contributed by atoms with van der Waals surface area (Å²) in [7, 11) is 0. The summed E-state index contributed by atoms with van der Waals surface area (Å²) < 4.78 is 0. The van der Waals surface area contributed by atoms with Gasteiger partial charge in [0.1, 0.15) is 0 Å². The van der Waals surface area contributed by atoms with Crippen LogP contribution in [0.2, 0.25) is 0 Å². The van der Waals surface area contributed by atoms with Crippen LogP contribution in [0, 0.1) is 13.8 Å². The molecule has 1 aliphatic rings. The molecule has 0 aromatic heterocycles. The van der Waals surface area contributed by atoms with Crippen LogP contribution in [0.1, 0.15) is 28.3 Å². The standard InChI is InChI=1S/C11H15NS/c1-7-3-4-8(2)11-9(7)5-13-6-10(11)12/h3-4,10H,5-6,12H2,1-2H3/t10-/m0/s1. The highest BCUT2D eigenvalue weighted by atomic mass is 32.2. The second-order valence-corrected chi connectivity index (χ2v) is 4.74. The van der Waals surface area contributed by atoms with Crippen LogP contribution in [0.25, 0.3) is 0 Å². The minimum atomic E-state index is 0.244. The van der Waals surface area contributed by atoms with Crippen LogP contribution in [-0.2, 0) is 5.75 Å². The molecule has 0 unspecified atom stereocenters. The number of aryl methyl sites for hydroxylation is 2. The maximum absolute atomic E-state index is 6.10. The zero-order chi connectivity index (χ0) is 9.42. The number of hydrogen-bond donors (Lipinski definition) is 1. The first-order valence-corrected chi connectivity index (χ1v) is 5.78. The van der Waals surface area contributed by atoms with Gasteiger partial charge in [0.2, 0.25) is 0 Å². The van der Waals surface area contributed by atoms with Crippen LogP contribution in [0.15, 0.2) is 12.1 Å². The first-order valence-electron chi connectivity index (χ1n) is 4.62. The van der Waals surface area contributed by atoms with Gasteiger partial charge in [0, 0.05) is 17.5 Å². The van der Waals surface area contributed by atoms with Gasteiger partial charge in [-0.3, -0.25) is 0 Å². The van der Waals surface area contributed by atoms with E-state index in [2.05, 4.69) is 26.0 Å². The van der Waals surface area contributed by atoms with Crippen LogP contribution < -0.4 is 5.73 Å². The van der Waals surface area contributed by atoms with E-state index >= 15 is 0 Å². The van der Waals surface area contributed by atoms with Crippen molar-refractivity contribution in [3.05, 3.63) is 34.4 Å². The van der Waals surface area contributed by atoms with Gasteiger partial charge in [0.25, 0.3) is 0 Å². The van der Waals surface area contributed by atoms with Crippen molar-refractivity contribution in [1.82, 2.24) is 0 Å². The van der Waals surface area contributed by atoms with Gasteiger partial charge in [0.05, 0.1) is 0 Å². The highest BCUT2D eigenvalue weighted by molar-refractivity contribution is 7.98. The van der Waals surface area contributed by atoms with E-state index in [1.54, 1.807) is 0 Å². The lowest BCUT2D eigenvalue weighted by Gasteiger charge is -2.25. The molecule has 2 heteroatoms. The lowest BCUT2D eigenvalue weighted by atomic mass is 9.93. The smallest absolute Gasteiger partial charge is 0.0392 e. The Morgan fingerprint density at radius 2 is 2.00 bits per heavy atom. The first kappa shape index (κ1) is 9.10. The summed E-state index contributed by atoms with van der Waals surface area (Å²) in [6, 6.07) is 4.63. The van der Waals surface area contributed by atoms with Gasteiger partial charge in [0.15, 0.2) is 0 Å².